The molecule has 0 aliphatic rings. The molecule has 0 aliphatic carbocycles. The average molecular weight is 105 g/mol. The highest BCUT2D eigenvalue weighted by Crippen LogP contribution is 1.95. The average Bonchev–Trinajstić information content (AvgIpc) is 1.61. The summed E-state index contributed by atoms with van der Waals surface area (Å²) < 4.78 is 4.50. The molecule has 0 rings (SSSR count). The van der Waals surface area contributed by atoms with Crippen LogP contribution in [0.25, 0.3) is 0 Å². The van der Waals surface area contributed by atoms with Crippen LogP contribution in [0.15, 0.2) is 0 Å². The maximum Gasteiger partial charge on any atom is 0.0921 e. The van der Waals surface area contributed by atoms with Crippen molar-refractivity contribution in [1.29, 1.82) is 0 Å². The van der Waals surface area contributed by atoms with Gasteiger partial charge in [0.1, 0.15) is 0 Å². The predicted molar refractivity (Wildman–Crippen MR) is 29.4 cm³/mol. The Kier molecular flexibility index (Phi) is 5.58. The highest BCUT2D eigenvalue weighted by molar-refractivity contribution is 7.99. The maximum absolute atomic E-state index is 4.50. The van der Waals surface area contributed by atoms with Crippen LogP contribution in [0.2, 0.25) is 0 Å². The molecule has 0 bridgehead atoms. The summed E-state index contributed by atoms with van der Waals surface area (Å²) in [5.41, 5.74) is 0. The van der Waals surface area contributed by atoms with Crippen molar-refractivity contribution in [2.24, 2.45) is 0 Å². The largest absolute Gasteiger partial charge is 0.368 e. The fourth-order valence-corrected chi connectivity index (χ4v) is 0.427. The van der Waals surface area contributed by atoms with Crippen LogP contribution in [0.1, 0.15) is 6.92 Å². The van der Waals surface area contributed by atoms with Gasteiger partial charge in [-0.05, 0) is 5.75 Å². The van der Waals surface area contributed by atoms with E-state index in [2.05, 4.69) is 18.8 Å². The van der Waals surface area contributed by atoms with Crippen molar-refractivity contribution < 1.29 is 4.74 Å². The first-order valence-corrected chi connectivity index (χ1v) is 3.02. The third-order valence-electron chi connectivity index (χ3n) is 0.371. The van der Waals surface area contributed by atoms with Gasteiger partial charge in [0.2, 0.25) is 0 Å². The lowest BCUT2D eigenvalue weighted by Crippen LogP contribution is -1.76. The Hall–Kier alpha value is 0.310. The quantitative estimate of drug-likeness (QED) is 0.397. The second kappa shape index (κ2) is 5.31. The zero-order valence-corrected chi connectivity index (χ0v) is 4.75. The molecule has 0 aromatic heterocycles. The van der Waals surface area contributed by atoms with Crippen LogP contribution < -0.4 is 0 Å². The van der Waals surface area contributed by atoms with Crippen molar-refractivity contribution in [3.05, 3.63) is 7.11 Å². The molecule has 0 saturated heterocycles. The van der Waals surface area contributed by atoms with Gasteiger partial charge in [-0.3, -0.25) is 0 Å². The van der Waals surface area contributed by atoms with Crippen molar-refractivity contribution in [3.8, 4) is 0 Å². The number of hydrogen-bond donors (Lipinski definition) is 0. The van der Waals surface area contributed by atoms with E-state index in [0.717, 1.165) is 11.7 Å². The molecule has 0 heterocycles. The van der Waals surface area contributed by atoms with Gasteiger partial charge < -0.3 is 4.74 Å². The van der Waals surface area contributed by atoms with Gasteiger partial charge >= 0.3 is 0 Å². The molecule has 0 spiro atoms. The second-order valence-corrected chi connectivity index (χ2v) is 2.04. The molecule has 0 atom stereocenters. The summed E-state index contributed by atoms with van der Waals surface area (Å²) in [7, 11) is 3.20. The van der Waals surface area contributed by atoms with Crippen molar-refractivity contribution in [2.75, 3.05) is 11.7 Å². The van der Waals surface area contributed by atoms with Crippen molar-refractivity contribution in [3.63, 3.8) is 0 Å². The molecule has 1 radical (unpaired) electrons. The van der Waals surface area contributed by atoms with Gasteiger partial charge in [0.25, 0.3) is 0 Å². The standard InChI is InChI=1S/C4H9OS/c1-3-6-4-5-2/h2-4H2,1H3. The van der Waals surface area contributed by atoms with Crippen LogP contribution in [0.5, 0.6) is 0 Å². The highest BCUT2D eigenvalue weighted by Gasteiger charge is 1.74. The third kappa shape index (κ3) is 4.31. The number of ether oxygens (including phenoxy) is 1. The first-order valence-electron chi connectivity index (χ1n) is 1.86. The van der Waals surface area contributed by atoms with Crippen LogP contribution in [-0.4, -0.2) is 11.7 Å². The summed E-state index contributed by atoms with van der Waals surface area (Å²) in [5.74, 6) is 1.83. The van der Waals surface area contributed by atoms with E-state index in [1.165, 1.54) is 0 Å². The third-order valence-corrected chi connectivity index (χ3v) is 1.11. The molecule has 0 amide bonds. The molecule has 0 aromatic carbocycles. The van der Waals surface area contributed by atoms with E-state index in [0.29, 0.717) is 0 Å². The molecule has 0 fully saturated rings. The minimum Gasteiger partial charge on any atom is -0.368 e. The Balaban J connectivity index is 2.34. The molecule has 2 heteroatoms. The number of thioether (sulfide) groups is 1. The Morgan fingerprint density at radius 2 is 2.50 bits per heavy atom. The monoisotopic (exact) mass is 105 g/mol. The van der Waals surface area contributed by atoms with Crippen LogP contribution in [0.3, 0.4) is 0 Å². The molecule has 0 N–H and O–H groups in total. The molecular formula is C4H9OS. The van der Waals surface area contributed by atoms with Crippen LogP contribution in [0.4, 0.5) is 0 Å². The summed E-state index contributed by atoms with van der Waals surface area (Å²) in [5, 5.41) is 0. The Labute approximate surface area is 43.1 Å². The fourth-order valence-electron chi connectivity index (χ4n) is 0.142. The van der Waals surface area contributed by atoms with E-state index in [1.54, 1.807) is 11.8 Å². The molecule has 1 nitrogen and oxygen atoms in total. The van der Waals surface area contributed by atoms with Gasteiger partial charge in [0.15, 0.2) is 0 Å². The van der Waals surface area contributed by atoms with Gasteiger partial charge in [-0.1, -0.05) is 6.92 Å². The minimum absolute atomic E-state index is 0.719. The van der Waals surface area contributed by atoms with Gasteiger partial charge in [-0.15, -0.1) is 11.8 Å². The van der Waals surface area contributed by atoms with Gasteiger partial charge in [-0.25, -0.2) is 0 Å². The Morgan fingerprint density at radius 3 is 2.67 bits per heavy atom. The summed E-state index contributed by atoms with van der Waals surface area (Å²) in [6, 6.07) is 0. The van der Waals surface area contributed by atoms with Crippen molar-refractivity contribution >= 4 is 11.8 Å². The summed E-state index contributed by atoms with van der Waals surface area (Å²) in [6.07, 6.45) is 0. The summed E-state index contributed by atoms with van der Waals surface area (Å²) in [4.78, 5) is 0. The normalized spacial score (nSPS) is 9.00. The van der Waals surface area contributed by atoms with Crippen LogP contribution in [0, 0.1) is 7.11 Å². The zero-order chi connectivity index (χ0) is 4.83. The van der Waals surface area contributed by atoms with Crippen LogP contribution in [-0.2, 0) is 4.74 Å². The first kappa shape index (κ1) is 6.31. The smallest absolute Gasteiger partial charge is 0.0921 e. The number of hydrogen-bond acceptors (Lipinski definition) is 2. The minimum atomic E-state index is 0.719. The lowest BCUT2D eigenvalue weighted by molar-refractivity contribution is 0.309. The SMILES string of the molecule is [CH2]OCSCC. The maximum atomic E-state index is 4.50. The zero-order valence-electron chi connectivity index (χ0n) is 3.94. The molecule has 6 heavy (non-hydrogen) atoms. The lowest BCUT2D eigenvalue weighted by atomic mass is 11.0. The molecule has 0 saturated carbocycles. The molecule has 37 valence electrons. The number of rotatable bonds is 3. The predicted octanol–water partition coefficient (Wildman–Crippen LogP) is 1.51. The summed E-state index contributed by atoms with van der Waals surface area (Å²) >= 11 is 1.72. The fraction of sp³-hybridized carbons (Fsp3) is 0.750. The van der Waals surface area contributed by atoms with E-state index in [9.17, 15) is 0 Å². The van der Waals surface area contributed by atoms with E-state index in [1.807, 2.05) is 0 Å². The van der Waals surface area contributed by atoms with Gasteiger partial charge in [-0.2, -0.15) is 0 Å². The van der Waals surface area contributed by atoms with E-state index in [4.69, 9.17) is 0 Å². The topological polar surface area (TPSA) is 9.23 Å². The first-order chi connectivity index (χ1) is 2.91. The van der Waals surface area contributed by atoms with E-state index < -0.39 is 0 Å². The van der Waals surface area contributed by atoms with E-state index in [-0.39, 0.29) is 0 Å². The van der Waals surface area contributed by atoms with Crippen LogP contribution >= 0.6 is 11.8 Å². The lowest BCUT2D eigenvalue weighted by Gasteiger charge is -1.89. The Morgan fingerprint density at radius 1 is 1.83 bits per heavy atom. The highest BCUT2D eigenvalue weighted by atomic mass is 32.2. The molecule has 0 aromatic rings. The van der Waals surface area contributed by atoms with E-state index >= 15 is 0 Å². The van der Waals surface area contributed by atoms with Gasteiger partial charge in [0, 0.05) is 0 Å². The van der Waals surface area contributed by atoms with Gasteiger partial charge in [0.05, 0.1) is 13.0 Å². The second-order valence-electron chi connectivity index (χ2n) is 0.815. The molecule has 0 unspecified atom stereocenters. The molecule has 0 aliphatic heterocycles. The van der Waals surface area contributed by atoms with Crippen molar-refractivity contribution in [2.45, 2.75) is 6.92 Å². The Bertz CT molecular complexity index is 19.5. The van der Waals surface area contributed by atoms with Crippen molar-refractivity contribution in [1.82, 2.24) is 0 Å². The summed E-state index contributed by atoms with van der Waals surface area (Å²) in [6.45, 7) is 2.09. The molecular weight excluding hydrogens is 96.1 g/mol.